The van der Waals surface area contributed by atoms with Crippen molar-refractivity contribution in [3.8, 4) is 0 Å². The van der Waals surface area contributed by atoms with Crippen LogP contribution in [-0.2, 0) is 0 Å². The molecule has 3 nitrogen and oxygen atoms in total. The van der Waals surface area contributed by atoms with Crippen molar-refractivity contribution < 1.29 is 0 Å². The molecule has 0 unspecified atom stereocenters. The van der Waals surface area contributed by atoms with Crippen molar-refractivity contribution in [2.24, 2.45) is 16.1 Å². The van der Waals surface area contributed by atoms with E-state index in [0.717, 1.165) is 5.70 Å². The van der Waals surface area contributed by atoms with E-state index in [-0.39, 0.29) is 5.41 Å². The van der Waals surface area contributed by atoms with Gasteiger partial charge in [0.05, 0.1) is 5.70 Å². The molecule has 0 aromatic rings. The van der Waals surface area contributed by atoms with Gasteiger partial charge in [0.1, 0.15) is 0 Å². The number of nitrogens with two attached hydrogens (primary N) is 1. The maximum Gasteiger partial charge on any atom is 0.199 e. The number of rotatable bonds is 0. The van der Waals surface area contributed by atoms with Crippen LogP contribution in [0.4, 0.5) is 0 Å². The van der Waals surface area contributed by atoms with Crippen LogP contribution in [0.3, 0.4) is 0 Å². The van der Waals surface area contributed by atoms with Gasteiger partial charge in [-0.3, -0.25) is 0 Å². The van der Waals surface area contributed by atoms with E-state index in [2.05, 4.69) is 31.1 Å². The minimum atomic E-state index is 0.0898. The van der Waals surface area contributed by atoms with Crippen molar-refractivity contribution in [2.75, 3.05) is 0 Å². The van der Waals surface area contributed by atoms with Gasteiger partial charge in [-0.25, -0.2) is 4.99 Å². The van der Waals surface area contributed by atoms with Crippen LogP contribution in [-0.4, -0.2) is 10.9 Å². The summed E-state index contributed by atoms with van der Waals surface area (Å²) in [4.78, 5) is 4.44. The second-order valence-corrected chi connectivity index (χ2v) is 4.24. The van der Waals surface area contributed by atoms with Crippen molar-refractivity contribution in [1.29, 1.82) is 0 Å². The number of hydrogen-bond donors (Lipinski definition) is 2. The highest BCUT2D eigenvalue weighted by atomic mass is 32.1. The molecular formula is C8H13N3S. The largest absolute Gasteiger partial charge is 0.369 e. The predicted octanol–water partition coefficient (Wildman–Crippen LogP) is 1.16. The number of thiocarbonyl (C=S) groups is 1. The first-order valence-corrected chi connectivity index (χ1v) is 4.18. The first-order valence-electron chi connectivity index (χ1n) is 3.77. The molecule has 3 N–H and O–H groups in total. The summed E-state index contributed by atoms with van der Waals surface area (Å²) >= 11 is 4.99. The highest BCUT2D eigenvalue weighted by Crippen LogP contribution is 2.18. The molecule has 0 amide bonds. The van der Waals surface area contributed by atoms with Crippen molar-refractivity contribution >= 4 is 23.2 Å². The number of hydrogen-bond acceptors (Lipinski definition) is 3. The molecule has 12 heavy (non-hydrogen) atoms. The molecule has 0 atom stereocenters. The van der Waals surface area contributed by atoms with E-state index in [1.54, 1.807) is 0 Å². The summed E-state index contributed by atoms with van der Waals surface area (Å²) < 4.78 is 0. The predicted molar refractivity (Wildman–Crippen MR) is 54.9 cm³/mol. The Kier molecular flexibility index (Phi) is 2.19. The first-order chi connectivity index (χ1) is 5.38. The monoisotopic (exact) mass is 183 g/mol. The van der Waals surface area contributed by atoms with Crippen molar-refractivity contribution in [2.45, 2.75) is 20.8 Å². The maximum absolute atomic E-state index is 5.44. The normalized spacial score (nSPS) is 21.1. The molecular weight excluding hydrogens is 170 g/mol. The van der Waals surface area contributed by atoms with E-state index < -0.39 is 0 Å². The van der Waals surface area contributed by atoms with Crippen LogP contribution in [0.2, 0.25) is 0 Å². The average molecular weight is 183 g/mol. The zero-order valence-electron chi connectivity index (χ0n) is 7.51. The molecule has 0 aromatic heterocycles. The lowest BCUT2D eigenvalue weighted by Crippen LogP contribution is -2.26. The zero-order valence-corrected chi connectivity index (χ0v) is 8.33. The fourth-order valence-corrected chi connectivity index (χ4v) is 1.13. The van der Waals surface area contributed by atoms with E-state index in [0.29, 0.717) is 10.9 Å². The summed E-state index contributed by atoms with van der Waals surface area (Å²) in [5.74, 6) is 0.385. The molecule has 0 radical (unpaired) electrons. The van der Waals surface area contributed by atoms with E-state index in [4.69, 9.17) is 18.0 Å². The summed E-state index contributed by atoms with van der Waals surface area (Å²) in [6, 6.07) is 0. The van der Waals surface area contributed by atoms with Gasteiger partial charge in [0.2, 0.25) is 0 Å². The van der Waals surface area contributed by atoms with Crippen LogP contribution in [0.1, 0.15) is 20.8 Å². The van der Waals surface area contributed by atoms with Crippen LogP contribution in [0.15, 0.2) is 16.8 Å². The number of nitrogens with zero attached hydrogens (tertiary/aromatic N) is 1. The first kappa shape index (κ1) is 9.19. The molecule has 0 aromatic carbocycles. The molecule has 0 spiro atoms. The summed E-state index contributed by atoms with van der Waals surface area (Å²) in [6.07, 6.45) is 2.03. The number of guanidine groups is 1. The summed E-state index contributed by atoms with van der Waals surface area (Å²) in [5, 5.41) is 2.91. The highest BCUT2D eigenvalue weighted by Gasteiger charge is 2.17. The Hall–Kier alpha value is -0.900. The fraction of sp³-hybridized carbons (Fsp3) is 0.500. The minimum Gasteiger partial charge on any atom is -0.369 e. The van der Waals surface area contributed by atoms with Crippen LogP contribution in [0, 0.1) is 5.41 Å². The van der Waals surface area contributed by atoms with E-state index in [1.165, 1.54) is 0 Å². The van der Waals surface area contributed by atoms with Gasteiger partial charge < -0.3 is 11.1 Å². The summed E-state index contributed by atoms with van der Waals surface area (Å²) in [6.45, 7) is 6.29. The van der Waals surface area contributed by atoms with Gasteiger partial charge in [0.25, 0.3) is 0 Å². The van der Waals surface area contributed by atoms with Gasteiger partial charge in [-0.15, -0.1) is 0 Å². The van der Waals surface area contributed by atoms with E-state index >= 15 is 0 Å². The van der Waals surface area contributed by atoms with E-state index in [1.807, 2.05) is 6.08 Å². The minimum absolute atomic E-state index is 0.0898. The Morgan fingerprint density at radius 3 is 2.42 bits per heavy atom. The third-order valence-corrected chi connectivity index (χ3v) is 1.60. The molecule has 0 saturated carbocycles. The summed E-state index contributed by atoms with van der Waals surface area (Å²) in [5.41, 5.74) is 6.38. The van der Waals surface area contributed by atoms with Crippen LogP contribution in [0.25, 0.3) is 0 Å². The zero-order chi connectivity index (χ0) is 9.35. The molecule has 0 saturated heterocycles. The molecule has 0 aliphatic carbocycles. The third kappa shape index (κ3) is 2.30. The Morgan fingerprint density at radius 1 is 1.50 bits per heavy atom. The quantitative estimate of drug-likeness (QED) is 0.438. The number of nitrogens with one attached hydrogen (secondary N) is 1. The van der Waals surface area contributed by atoms with Crippen LogP contribution >= 0.6 is 12.2 Å². The Morgan fingerprint density at radius 2 is 2.08 bits per heavy atom. The summed E-state index contributed by atoms with van der Waals surface area (Å²) in [7, 11) is 0. The van der Waals surface area contributed by atoms with Gasteiger partial charge in [-0.1, -0.05) is 39.1 Å². The molecule has 1 aliphatic heterocycles. The topological polar surface area (TPSA) is 50.4 Å². The molecule has 4 heteroatoms. The SMILES string of the molecule is CC(C)(C)/C=C1\NC(N)=NC1=S. The Balaban J connectivity index is 2.83. The molecule has 1 rings (SSSR count). The van der Waals surface area contributed by atoms with Gasteiger partial charge in [0.15, 0.2) is 10.9 Å². The maximum atomic E-state index is 5.44. The van der Waals surface area contributed by atoms with Crippen molar-refractivity contribution in [1.82, 2.24) is 5.32 Å². The average Bonchev–Trinajstić information content (AvgIpc) is 2.06. The van der Waals surface area contributed by atoms with Crippen LogP contribution in [0.5, 0.6) is 0 Å². The van der Waals surface area contributed by atoms with Gasteiger partial charge in [-0.2, -0.15) is 0 Å². The smallest absolute Gasteiger partial charge is 0.199 e. The van der Waals surface area contributed by atoms with Crippen molar-refractivity contribution in [3.05, 3.63) is 11.8 Å². The van der Waals surface area contributed by atoms with Crippen molar-refractivity contribution in [3.63, 3.8) is 0 Å². The molecule has 0 fully saturated rings. The molecule has 66 valence electrons. The Bertz CT molecular complexity index is 271. The lowest BCUT2D eigenvalue weighted by atomic mass is 9.95. The number of aliphatic imine (C=N–C) groups is 1. The molecule has 0 bridgehead atoms. The highest BCUT2D eigenvalue weighted by molar-refractivity contribution is 7.80. The Labute approximate surface area is 77.7 Å². The van der Waals surface area contributed by atoms with Gasteiger partial charge in [0, 0.05) is 0 Å². The third-order valence-electron chi connectivity index (χ3n) is 1.29. The van der Waals surface area contributed by atoms with E-state index in [9.17, 15) is 0 Å². The number of allylic oxidation sites excluding steroid dienone is 1. The lowest BCUT2D eigenvalue weighted by molar-refractivity contribution is 0.540. The van der Waals surface area contributed by atoms with Gasteiger partial charge >= 0.3 is 0 Å². The second-order valence-electron chi connectivity index (χ2n) is 3.85. The fourth-order valence-electron chi connectivity index (χ4n) is 0.920. The second kappa shape index (κ2) is 2.86. The molecule has 1 aliphatic rings. The lowest BCUT2D eigenvalue weighted by Gasteiger charge is -2.13. The van der Waals surface area contributed by atoms with Gasteiger partial charge in [-0.05, 0) is 5.41 Å². The molecule has 1 heterocycles. The van der Waals surface area contributed by atoms with Crippen LogP contribution < -0.4 is 11.1 Å². The standard InChI is InChI=1S/C8H13N3S/c1-8(2,3)4-5-6(12)11-7(9)10-5/h4H,1-3H3,(H3,9,10,11,12)/b5-4-.